The van der Waals surface area contributed by atoms with Crippen LogP contribution in [-0.2, 0) is 11.2 Å². The van der Waals surface area contributed by atoms with Gasteiger partial charge in [-0.25, -0.2) is 0 Å². The molecule has 0 amide bonds. The van der Waals surface area contributed by atoms with E-state index in [9.17, 15) is 0 Å². The van der Waals surface area contributed by atoms with Crippen LogP contribution >= 0.6 is 0 Å². The molecule has 2 fully saturated rings. The monoisotopic (exact) mass is 274 g/mol. The van der Waals surface area contributed by atoms with Crippen molar-refractivity contribution in [2.75, 3.05) is 32.8 Å². The molecule has 2 heterocycles. The highest BCUT2D eigenvalue weighted by molar-refractivity contribution is 5.16. The lowest BCUT2D eigenvalue weighted by molar-refractivity contribution is -0.0496. The second-order valence-corrected chi connectivity index (χ2v) is 6.44. The zero-order valence-corrected chi connectivity index (χ0v) is 12.5. The highest BCUT2D eigenvalue weighted by Gasteiger charge is 2.36. The van der Waals surface area contributed by atoms with Crippen LogP contribution < -0.4 is 5.32 Å². The van der Waals surface area contributed by atoms with Crippen LogP contribution in [0.2, 0.25) is 0 Å². The van der Waals surface area contributed by atoms with E-state index in [-0.39, 0.29) is 5.54 Å². The molecule has 0 aromatic heterocycles. The number of rotatable bonds is 3. The minimum absolute atomic E-state index is 0.245. The predicted molar refractivity (Wildman–Crippen MR) is 82.0 cm³/mol. The van der Waals surface area contributed by atoms with Crippen LogP contribution in [0.4, 0.5) is 0 Å². The number of piperazine rings is 1. The molecule has 1 aromatic carbocycles. The van der Waals surface area contributed by atoms with Crippen molar-refractivity contribution in [2.45, 2.75) is 37.8 Å². The Kier molecular flexibility index (Phi) is 4.39. The van der Waals surface area contributed by atoms with E-state index >= 15 is 0 Å². The molecular weight excluding hydrogens is 248 g/mol. The maximum Gasteiger partial charge on any atom is 0.0647 e. The lowest BCUT2D eigenvalue weighted by Gasteiger charge is -2.47. The Morgan fingerprint density at radius 2 is 2.20 bits per heavy atom. The molecule has 20 heavy (non-hydrogen) atoms. The Morgan fingerprint density at radius 3 is 2.95 bits per heavy atom. The summed E-state index contributed by atoms with van der Waals surface area (Å²) < 4.78 is 5.73. The number of nitrogens with one attached hydrogen (secondary N) is 1. The molecule has 0 bridgehead atoms. The second kappa shape index (κ2) is 6.25. The first-order chi connectivity index (χ1) is 9.76. The summed E-state index contributed by atoms with van der Waals surface area (Å²) >= 11 is 0. The molecule has 2 aliphatic heterocycles. The molecule has 3 heteroatoms. The average Bonchev–Trinajstić information content (AvgIpc) is 2.49. The fourth-order valence-electron chi connectivity index (χ4n) is 3.52. The van der Waals surface area contributed by atoms with E-state index in [1.165, 1.54) is 18.4 Å². The first kappa shape index (κ1) is 14.1. The molecule has 0 spiro atoms. The van der Waals surface area contributed by atoms with Gasteiger partial charge in [-0.2, -0.15) is 0 Å². The Balaban J connectivity index is 1.61. The van der Waals surface area contributed by atoms with Crippen molar-refractivity contribution in [3.8, 4) is 0 Å². The fraction of sp³-hybridized carbons (Fsp3) is 0.647. The quantitative estimate of drug-likeness (QED) is 0.913. The van der Waals surface area contributed by atoms with E-state index in [0.29, 0.717) is 6.04 Å². The zero-order chi connectivity index (χ0) is 13.8. The summed E-state index contributed by atoms with van der Waals surface area (Å²) in [4.78, 5) is 2.65. The summed E-state index contributed by atoms with van der Waals surface area (Å²) in [5.41, 5.74) is 1.67. The van der Waals surface area contributed by atoms with Crippen molar-refractivity contribution in [3.05, 3.63) is 35.9 Å². The van der Waals surface area contributed by atoms with Crippen LogP contribution in [0.15, 0.2) is 30.3 Å². The zero-order valence-electron chi connectivity index (χ0n) is 12.5. The van der Waals surface area contributed by atoms with Crippen molar-refractivity contribution in [3.63, 3.8) is 0 Å². The molecule has 2 atom stereocenters. The Morgan fingerprint density at radius 1 is 1.35 bits per heavy atom. The molecule has 0 saturated carbocycles. The first-order valence-corrected chi connectivity index (χ1v) is 7.86. The normalized spacial score (nSPS) is 32.1. The van der Waals surface area contributed by atoms with Crippen molar-refractivity contribution in [1.29, 1.82) is 0 Å². The third-order valence-electron chi connectivity index (χ3n) is 4.76. The van der Waals surface area contributed by atoms with Crippen molar-refractivity contribution in [2.24, 2.45) is 0 Å². The molecule has 0 radical (unpaired) electrons. The fourth-order valence-corrected chi connectivity index (χ4v) is 3.52. The van der Waals surface area contributed by atoms with Gasteiger partial charge in [0, 0.05) is 37.8 Å². The molecule has 2 unspecified atom stereocenters. The van der Waals surface area contributed by atoms with Crippen LogP contribution in [0.5, 0.6) is 0 Å². The van der Waals surface area contributed by atoms with Gasteiger partial charge in [-0.3, -0.25) is 4.90 Å². The number of hydrogen-bond acceptors (Lipinski definition) is 3. The van der Waals surface area contributed by atoms with Gasteiger partial charge in [0.15, 0.2) is 0 Å². The smallest absolute Gasteiger partial charge is 0.0647 e. The molecule has 3 rings (SSSR count). The van der Waals surface area contributed by atoms with Gasteiger partial charge in [-0.05, 0) is 31.7 Å². The summed E-state index contributed by atoms with van der Waals surface area (Å²) in [6, 6.07) is 11.4. The Hall–Kier alpha value is -0.900. The highest BCUT2D eigenvalue weighted by Crippen LogP contribution is 2.27. The summed E-state index contributed by atoms with van der Waals surface area (Å²) in [5.74, 6) is 0. The average molecular weight is 274 g/mol. The van der Waals surface area contributed by atoms with E-state index in [4.69, 9.17) is 4.74 Å². The number of nitrogens with zero attached hydrogens (tertiary/aromatic N) is 1. The Labute approximate surface area is 122 Å². The molecule has 110 valence electrons. The van der Waals surface area contributed by atoms with E-state index in [2.05, 4.69) is 47.5 Å². The molecule has 0 aliphatic carbocycles. The van der Waals surface area contributed by atoms with Gasteiger partial charge < -0.3 is 10.1 Å². The minimum Gasteiger partial charge on any atom is -0.380 e. The number of hydrogen-bond donors (Lipinski definition) is 1. The SMILES string of the molecule is CC1(N2CCNC(Cc3ccccc3)C2)CCCOC1. The second-order valence-electron chi connectivity index (χ2n) is 6.44. The van der Waals surface area contributed by atoms with Crippen LogP contribution in [0.3, 0.4) is 0 Å². The van der Waals surface area contributed by atoms with Gasteiger partial charge in [0.2, 0.25) is 0 Å². The molecule has 1 N–H and O–H groups in total. The molecular formula is C17H26N2O. The third kappa shape index (κ3) is 3.22. The number of benzene rings is 1. The summed E-state index contributed by atoms with van der Waals surface area (Å²) in [6.07, 6.45) is 3.59. The van der Waals surface area contributed by atoms with Crippen LogP contribution in [0, 0.1) is 0 Å². The van der Waals surface area contributed by atoms with E-state index in [0.717, 1.165) is 39.3 Å². The van der Waals surface area contributed by atoms with Gasteiger partial charge in [0.05, 0.1) is 6.61 Å². The summed E-state index contributed by atoms with van der Waals surface area (Å²) in [7, 11) is 0. The van der Waals surface area contributed by atoms with E-state index in [1.54, 1.807) is 0 Å². The lowest BCUT2D eigenvalue weighted by Crippen LogP contribution is -2.61. The van der Waals surface area contributed by atoms with Crippen molar-refractivity contribution < 1.29 is 4.74 Å². The van der Waals surface area contributed by atoms with Gasteiger partial charge in [0.1, 0.15) is 0 Å². The molecule has 2 aliphatic rings. The molecule has 1 aromatic rings. The maximum absolute atomic E-state index is 5.73. The van der Waals surface area contributed by atoms with E-state index in [1.807, 2.05) is 0 Å². The largest absolute Gasteiger partial charge is 0.380 e. The Bertz CT molecular complexity index is 414. The number of ether oxygens (including phenoxy) is 1. The lowest BCUT2D eigenvalue weighted by atomic mass is 9.90. The van der Waals surface area contributed by atoms with Crippen LogP contribution in [0.25, 0.3) is 0 Å². The minimum atomic E-state index is 0.245. The molecule has 3 nitrogen and oxygen atoms in total. The van der Waals surface area contributed by atoms with Crippen molar-refractivity contribution in [1.82, 2.24) is 10.2 Å². The van der Waals surface area contributed by atoms with Crippen LogP contribution in [0.1, 0.15) is 25.3 Å². The van der Waals surface area contributed by atoms with Gasteiger partial charge in [0.25, 0.3) is 0 Å². The highest BCUT2D eigenvalue weighted by atomic mass is 16.5. The van der Waals surface area contributed by atoms with E-state index < -0.39 is 0 Å². The standard InChI is InChI=1S/C17H26N2O/c1-17(8-5-11-20-14-17)19-10-9-18-16(13-19)12-15-6-3-2-4-7-15/h2-4,6-7,16,18H,5,8-14H2,1H3. The van der Waals surface area contributed by atoms with Gasteiger partial charge in [-0.15, -0.1) is 0 Å². The molecule has 2 saturated heterocycles. The van der Waals surface area contributed by atoms with Crippen LogP contribution in [-0.4, -0.2) is 49.3 Å². The first-order valence-electron chi connectivity index (χ1n) is 7.86. The topological polar surface area (TPSA) is 24.5 Å². The predicted octanol–water partition coefficient (Wildman–Crippen LogP) is 2.07. The maximum atomic E-state index is 5.73. The summed E-state index contributed by atoms with van der Waals surface area (Å²) in [6.45, 7) is 7.57. The summed E-state index contributed by atoms with van der Waals surface area (Å²) in [5, 5.41) is 3.67. The van der Waals surface area contributed by atoms with Crippen molar-refractivity contribution >= 4 is 0 Å². The van der Waals surface area contributed by atoms with Gasteiger partial charge >= 0.3 is 0 Å². The van der Waals surface area contributed by atoms with Gasteiger partial charge in [-0.1, -0.05) is 30.3 Å². The third-order valence-corrected chi connectivity index (χ3v) is 4.76.